The zero-order chi connectivity index (χ0) is 13.3. The fourth-order valence-electron chi connectivity index (χ4n) is 1.67. The van der Waals surface area contributed by atoms with Gasteiger partial charge in [0.1, 0.15) is 0 Å². The first kappa shape index (κ1) is 12.4. The highest BCUT2D eigenvalue weighted by Crippen LogP contribution is 2.36. The van der Waals surface area contributed by atoms with Crippen LogP contribution in [0.1, 0.15) is 19.4 Å². The van der Waals surface area contributed by atoms with E-state index in [1.807, 2.05) is 6.92 Å². The van der Waals surface area contributed by atoms with Crippen LogP contribution in [-0.2, 0) is 9.53 Å². The van der Waals surface area contributed by atoms with Crippen molar-refractivity contribution >= 4 is 17.5 Å². The molecule has 0 aromatic heterocycles. The third-order valence-electron chi connectivity index (χ3n) is 3.14. The molecule has 0 radical (unpaired) electrons. The number of hydrogen-bond donors (Lipinski definition) is 0. The van der Waals surface area contributed by atoms with Crippen LogP contribution in [0.3, 0.4) is 0 Å². The number of hydrogen-bond acceptors (Lipinski definition) is 4. The Morgan fingerprint density at radius 1 is 1.56 bits per heavy atom. The maximum absolute atomic E-state index is 11.8. The Balaban J connectivity index is 2.12. The molecule has 0 saturated carbocycles. The molecule has 1 aliphatic heterocycles. The molecule has 5 heteroatoms. The number of non-ortho nitro benzene ring substituents is 1. The van der Waals surface area contributed by atoms with Gasteiger partial charge in [0.25, 0.3) is 5.69 Å². The third-order valence-corrected chi connectivity index (χ3v) is 3.14. The molecule has 1 heterocycles. The highest BCUT2D eigenvalue weighted by atomic mass is 16.6. The fourth-order valence-corrected chi connectivity index (χ4v) is 1.67. The number of epoxide rings is 1. The van der Waals surface area contributed by atoms with Crippen LogP contribution in [0, 0.1) is 10.1 Å². The predicted octanol–water partition coefficient (Wildman–Crippen LogP) is 2.35. The zero-order valence-electron chi connectivity index (χ0n) is 10.1. The molecule has 0 aliphatic carbocycles. The highest BCUT2D eigenvalue weighted by molar-refractivity contribution is 6.02. The topological polar surface area (TPSA) is 72.7 Å². The quantitative estimate of drug-likeness (QED) is 0.354. The summed E-state index contributed by atoms with van der Waals surface area (Å²) in [6, 6.07) is 6.12. The molecule has 2 atom stereocenters. The van der Waals surface area contributed by atoms with Crippen LogP contribution in [0.4, 0.5) is 5.69 Å². The molecule has 1 aromatic carbocycles. The van der Waals surface area contributed by atoms with Gasteiger partial charge in [-0.2, -0.15) is 0 Å². The minimum absolute atomic E-state index is 0.00634. The molecule has 0 amide bonds. The third kappa shape index (κ3) is 2.31. The lowest BCUT2D eigenvalue weighted by Gasteiger charge is -1.99. The second-order valence-electron chi connectivity index (χ2n) is 4.42. The number of carbonyl (C=O) groups is 1. The van der Waals surface area contributed by atoms with Gasteiger partial charge in [0.05, 0.1) is 11.0 Å². The monoisotopic (exact) mass is 247 g/mol. The molecular weight excluding hydrogens is 234 g/mol. The maximum Gasteiger partial charge on any atom is 0.270 e. The summed E-state index contributed by atoms with van der Waals surface area (Å²) in [5, 5.41) is 10.6. The molecule has 5 nitrogen and oxygen atoms in total. The second kappa shape index (κ2) is 4.34. The number of nitro benzene ring substituents is 1. The van der Waals surface area contributed by atoms with Gasteiger partial charge in [-0.3, -0.25) is 14.9 Å². The predicted molar refractivity (Wildman–Crippen MR) is 66.1 cm³/mol. The van der Waals surface area contributed by atoms with Gasteiger partial charge in [0.2, 0.25) is 0 Å². The van der Waals surface area contributed by atoms with Crippen LogP contribution in [0.5, 0.6) is 0 Å². The molecule has 2 rings (SSSR count). The lowest BCUT2D eigenvalue weighted by Crippen LogP contribution is -2.20. The van der Waals surface area contributed by atoms with Gasteiger partial charge in [-0.05, 0) is 25.5 Å². The van der Waals surface area contributed by atoms with Gasteiger partial charge in [0, 0.05) is 12.1 Å². The van der Waals surface area contributed by atoms with Crippen molar-refractivity contribution in [2.24, 2.45) is 0 Å². The van der Waals surface area contributed by atoms with Crippen LogP contribution >= 0.6 is 0 Å². The molecule has 0 bridgehead atoms. The molecule has 1 fully saturated rings. The number of nitro groups is 1. The number of carbonyl (C=O) groups excluding carboxylic acids is 1. The Morgan fingerprint density at radius 2 is 2.22 bits per heavy atom. The van der Waals surface area contributed by atoms with Crippen molar-refractivity contribution in [3.05, 3.63) is 46.0 Å². The molecular formula is C13H13NO4. The summed E-state index contributed by atoms with van der Waals surface area (Å²) < 4.78 is 5.21. The van der Waals surface area contributed by atoms with Gasteiger partial charge in [-0.1, -0.05) is 18.2 Å². The van der Waals surface area contributed by atoms with Gasteiger partial charge in [-0.15, -0.1) is 0 Å². The summed E-state index contributed by atoms with van der Waals surface area (Å²) in [5.74, 6) is -0.124. The van der Waals surface area contributed by atoms with Crippen LogP contribution < -0.4 is 0 Å². The SMILES string of the molecule is C[C@@H]1O[C@]1(C)C(=O)/C=C/c1cccc([N+](=O)[O-])c1. The van der Waals surface area contributed by atoms with Gasteiger partial charge in [-0.25, -0.2) is 0 Å². The van der Waals surface area contributed by atoms with Crippen LogP contribution in [0.25, 0.3) is 6.08 Å². The summed E-state index contributed by atoms with van der Waals surface area (Å²) in [6.45, 7) is 3.57. The van der Waals surface area contributed by atoms with Crippen LogP contribution in [0.2, 0.25) is 0 Å². The van der Waals surface area contributed by atoms with Crippen LogP contribution in [0.15, 0.2) is 30.3 Å². The lowest BCUT2D eigenvalue weighted by molar-refractivity contribution is -0.384. The average Bonchev–Trinajstić information content (AvgIpc) is 2.96. The molecule has 1 saturated heterocycles. The van der Waals surface area contributed by atoms with Gasteiger partial charge >= 0.3 is 0 Å². The van der Waals surface area contributed by atoms with E-state index in [0.29, 0.717) is 5.56 Å². The molecule has 0 unspecified atom stereocenters. The highest BCUT2D eigenvalue weighted by Gasteiger charge is 2.54. The Bertz CT molecular complexity index is 538. The fraction of sp³-hybridized carbons (Fsp3) is 0.308. The van der Waals surface area contributed by atoms with E-state index < -0.39 is 10.5 Å². The van der Waals surface area contributed by atoms with Crippen molar-refractivity contribution < 1.29 is 14.5 Å². The standard InChI is InChI=1S/C13H13NO4/c1-9-13(2,18-9)12(15)7-6-10-4-3-5-11(8-10)14(16)17/h3-9H,1-2H3/b7-6+/t9-,13-/m0/s1. The van der Waals surface area contributed by atoms with E-state index in [9.17, 15) is 14.9 Å². The molecule has 94 valence electrons. The summed E-state index contributed by atoms with van der Waals surface area (Å²) in [6.07, 6.45) is 2.90. The molecule has 1 aromatic rings. The van der Waals surface area contributed by atoms with E-state index in [4.69, 9.17) is 4.74 Å². The van der Waals surface area contributed by atoms with E-state index in [-0.39, 0.29) is 17.6 Å². The maximum atomic E-state index is 11.8. The Kier molecular flexibility index (Phi) is 3.00. The summed E-state index contributed by atoms with van der Waals surface area (Å²) in [4.78, 5) is 21.9. The molecule has 18 heavy (non-hydrogen) atoms. The minimum Gasteiger partial charge on any atom is -0.358 e. The smallest absolute Gasteiger partial charge is 0.270 e. The Hall–Kier alpha value is -2.01. The zero-order valence-corrected chi connectivity index (χ0v) is 10.1. The van der Waals surface area contributed by atoms with E-state index in [1.165, 1.54) is 18.2 Å². The van der Waals surface area contributed by atoms with E-state index in [0.717, 1.165) is 0 Å². The van der Waals surface area contributed by atoms with Gasteiger partial charge in [0.15, 0.2) is 11.4 Å². The minimum atomic E-state index is -0.725. The van der Waals surface area contributed by atoms with Gasteiger partial charge < -0.3 is 4.74 Å². The summed E-state index contributed by atoms with van der Waals surface area (Å²) >= 11 is 0. The first-order chi connectivity index (χ1) is 8.43. The number of ether oxygens (including phenoxy) is 1. The first-order valence-electron chi connectivity index (χ1n) is 5.58. The normalized spacial score (nSPS) is 26.2. The van der Waals surface area contributed by atoms with Crippen molar-refractivity contribution in [2.75, 3.05) is 0 Å². The average molecular weight is 247 g/mol. The molecule has 0 N–H and O–H groups in total. The molecule has 1 aliphatic rings. The number of rotatable bonds is 4. The Morgan fingerprint density at radius 3 is 2.78 bits per heavy atom. The van der Waals surface area contributed by atoms with Crippen molar-refractivity contribution in [2.45, 2.75) is 25.6 Å². The Labute approximate surface area is 104 Å². The molecule has 0 spiro atoms. The lowest BCUT2D eigenvalue weighted by atomic mass is 10.0. The van der Waals surface area contributed by atoms with Crippen LogP contribution in [-0.4, -0.2) is 22.4 Å². The van der Waals surface area contributed by atoms with Crippen molar-refractivity contribution in [1.82, 2.24) is 0 Å². The van der Waals surface area contributed by atoms with E-state index in [1.54, 1.807) is 25.1 Å². The van der Waals surface area contributed by atoms with Crippen molar-refractivity contribution in [1.29, 1.82) is 0 Å². The number of nitrogens with zero attached hydrogens (tertiary/aromatic N) is 1. The van der Waals surface area contributed by atoms with E-state index in [2.05, 4.69) is 0 Å². The first-order valence-corrected chi connectivity index (χ1v) is 5.58. The van der Waals surface area contributed by atoms with Crippen molar-refractivity contribution in [3.63, 3.8) is 0 Å². The largest absolute Gasteiger partial charge is 0.358 e. The summed E-state index contributed by atoms with van der Waals surface area (Å²) in [5.41, 5.74) is -0.0988. The number of ketones is 1. The van der Waals surface area contributed by atoms with E-state index >= 15 is 0 Å². The summed E-state index contributed by atoms with van der Waals surface area (Å²) in [7, 11) is 0. The number of benzene rings is 1. The second-order valence-corrected chi connectivity index (χ2v) is 4.42. The van der Waals surface area contributed by atoms with Crippen molar-refractivity contribution in [3.8, 4) is 0 Å².